The minimum absolute atomic E-state index is 0.122. The predicted octanol–water partition coefficient (Wildman–Crippen LogP) is 7.61. The van der Waals surface area contributed by atoms with Crippen LogP contribution in [0.2, 0.25) is 0 Å². The van der Waals surface area contributed by atoms with Gasteiger partial charge in [0.25, 0.3) is 0 Å². The second-order valence-electron chi connectivity index (χ2n) is 9.80. The highest BCUT2D eigenvalue weighted by molar-refractivity contribution is 8.03. The third kappa shape index (κ3) is 4.84. The number of thioether (sulfide) groups is 1. The van der Waals surface area contributed by atoms with E-state index >= 15 is 0 Å². The number of hydrogen-bond acceptors (Lipinski definition) is 3. The van der Waals surface area contributed by atoms with Crippen LogP contribution >= 0.6 is 11.8 Å². The summed E-state index contributed by atoms with van der Waals surface area (Å²) in [4.78, 5) is 2.37. The standard InChI is InChI=1S/C33H30FNOS/c34-30-19-11-10-12-25(30)23-35-21-20-31-26(24-35)22-32(37-31)36-33(27-13-4-1-5-14-27,28-15-6-2-7-16-28)29-17-8-3-9-18-29/h1-19,22,26,31H,20-21,23-24H2. The predicted molar refractivity (Wildman–Crippen MR) is 150 cm³/mol. The van der Waals surface area contributed by atoms with E-state index in [0.717, 1.165) is 46.9 Å². The fraction of sp³-hybridized carbons (Fsp3) is 0.212. The van der Waals surface area contributed by atoms with Crippen LogP contribution in [0.25, 0.3) is 0 Å². The van der Waals surface area contributed by atoms with Crippen LogP contribution in [0, 0.1) is 11.7 Å². The van der Waals surface area contributed by atoms with Crippen molar-refractivity contribution >= 4 is 11.8 Å². The molecule has 0 bridgehead atoms. The van der Waals surface area contributed by atoms with Gasteiger partial charge in [0.2, 0.25) is 0 Å². The van der Waals surface area contributed by atoms with Gasteiger partial charge in [-0.1, -0.05) is 121 Å². The largest absolute Gasteiger partial charge is 0.467 e. The number of ether oxygens (including phenoxy) is 1. The van der Waals surface area contributed by atoms with E-state index in [0.29, 0.717) is 17.7 Å². The molecule has 2 aliphatic rings. The first-order valence-corrected chi connectivity index (χ1v) is 13.8. The summed E-state index contributed by atoms with van der Waals surface area (Å²) in [6.45, 7) is 2.52. The van der Waals surface area contributed by atoms with Crippen molar-refractivity contribution in [3.05, 3.63) is 154 Å². The molecule has 2 atom stereocenters. The Bertz CT molecular complexity index is 1260. The van der Waals surface area contributed by atoms with Crippen LogP contribution in [0.3, 0.4) is 0 Å². The molecule has 0 spiro atoms. The molecule has 0 aromatic heterocycles. The Morgan fingerprint density at radius 3 is 1.86 bits per heavy atom. The number of hydrogen-bond donors (Lipinski definition) is 0. The van der Waals surface area contributed by atoms with Crippen LogP contribution < -0.4 is 0 Å². The molecule has 0 aliphatic carbocycles. The van der Waals surface area contributed by atoms with Crippen molar-refractivity contribution in [1.82, 2.24) is 4.90 Å². The molecular weight excluding hydrogens is 477 g/mol. The van der Waals surface area contributed by atoms with Crippen molar-refractivity contribution in [3.63, 3.8) is 0 Å². The summed E-state index contributed by atoms with van der Waals surface area (Å²) in [7, 11) is 0. The van der Waals surface area contributed by atoms with E-state index in [9.17, 15) is 4.39 Å². The molecular formula is C33H30FNOS. The zero-order valence-electron chi connectivity index (χ0n) is 20.7. The first kappa shape index (κ1) is 24.0. The Labute approximate surface area is 222 Å². The highest BCUT2D eigenvalue weighted by Gasteiger charge is 2.42. The molecule has 2 unspecified atom stereocenters. The number of fused-ring (bicyclic) bond motifs is 1. The molecule has 0 amide bonds. The van der Waals surface area contributed by atoms with E-state index in [4.69, 9.17) is 4.74 Å². The van der Waals surface area contributed by atoms with Gasteiger partial charge in [0.1, 0.15) is 5.82 Å². The summed E-state index contributed by atoms with van der Waals surface area (Å²) in [5.41, 5.74) is 3.31. The van der Waals surface area contributed by atoms with Gasteiger partial charge >= 0.3 is 0 Å². The number of benzene rings is 4. The van der Waals surface area contributed by atoms with Gasteiger partial charge in [-0.2, -0.15) is 0 Å². The normalized spacial score (nSPS) is 19.8. The van der Waals surface area contributed by atoms with Crippen molar-refractivity contribution in [3.8, 4) is 0 Å². The first-order chi connectivity index (χ1) is 18.2. The van der Waals surface area contributed by atoms with Crippen LogP contribution in [-0.4, -0.2) is 23.2 Å². The molecule has 4 heteroatoms. The fourth-order valence-electron chi connectivity index (χ4n) is 5.62. The smallest absolute Gasteiger partial charge is 0.185 e. The molecule has 2 aliphatic heterocycles. The lowest BCUT2D eigenvalue weighted by atomic mass is 9.80. The Morgan fingerprint density at radius 2 is 1.30 bits per heavy atom. The molecule has 1 fully saturated rings. The van der Waals surface area contributed by atoms with Gasteiger partial charge in [0.05, 0.1) is 0 Å². The third-order valence-electron chi connectivity index (χ3n) is 7.44. The van der Waals surface area contributed by atoms with Crippen LogP contribution in [0.15, 0.2) is 126 Å². The van der Waals surface area contributed by atoms with E-state index in [1.807, 2.05) is 42.1 Å². The topological polar surface area (TPSA) is 12.5 Å². The molecule has 37 heavy (non-hydrogen) atoms. The molecule has 0 N–H and O–H groups in total. The van der Waals surface area contributed by atoms with E-state index < -0.39 is 5.60 Å². The SMILES string of the molecule is Fc1ccccc1CN1CCC2SC(OC(c3ccccc3)(c3ccccc3)c3ccccc3)=CC2C1. The molecule has 2 nitrogen and oxygen atoms in total. The van der Waals surface area contributed by atoms with Gasteiger partial charge in [-0.25, -0.2) is 4.39 Å². The second-order valence-corrected chi connectivity index (χ2v) is 11.0. The summed E-state index contributed by atoms with van der Waals surface area (Å²) < 4.78 is 21.4. The van der Waals surface area contributed by atoms with Crippen LogP contribution in [0.1, 0.15) is 28.7 Å². The van der Waals surface area contributed by atoms with E-state index in [2.05, 4.69) is 83.8 Å². The van der Waals surface area contributed by atoms with Crippen molar-refractivity contribution < 1.29 is 9.13 Å². The lowest BCUT2D eigenvalue weighted by Gasteiger charge is -2.36. The van der Waals surface area contributed by atoms with E-state index in [1.54, 1.807) is 12.1 Å². The summed E-state index contributed by atoms with van der Waals surface area (Å²) in [5, 5.41) is 1.45. The molecule has 1 saturated heterocycles. The highest BCUT2D eigenvalue weighted by Crippen LogP contribution is 2.49. The lowest BCUT2D eigenvalue weighted by molar-refractivity contribution is 0.0894. The van der Waals surface area contributed by atoms with Crippen LogP contribution in [0.5, 0.6) is 0 Å². The Balaban J connectivity index is 1.33. The second kappa shape index (κ2) is 10.6. The molecule has 6 rings (SSSR count). The van der Waals surface area contributed by atoms with Crippen molar-refractivity contribution in [1.29, 1.82) is 0 Å². The minimum atomic E-state index is -0.761. The molecule has 4 aromatic rings. The molecule has 0 saturated carbocycles. The van der Waals surface area contributed by atoms with Gasteiger partial charge in [-0.05, 0) is 25.1 Å². The van der Waals surface area contributed by atoms with Gasteiger partial charge in [-0.15, -0.1) is 0 Å². The number of nitrogens with zero attached hydrogens (tertiary/aromatic N) is 1. The summed E-state index contributed by atoms with van der Waals surface area (Å²) in [6, 6.07) is 38.7. The number of rotatable bonds is 7. The monoisotopic (exact) mass is 507 g/mol. The fourth-order valence-corrected chi connectivity index (χ4v) is 6.90. The lowest BCUT2D eigenvalue weighted by Crippen LogP contribution is -2.39. The summed E-state index contributed by atoms with van der Waals surface area (Å²) in [5.74, 6) is 0.254. The highest BCUT2D eigenvalue weighted by atomic mass is 32.2. The Hall–Kier alpha value is -3.34. The van der Waals surface area contributed by atoms with Gasteiger partial charge in [0, 0.05) is 46.5 Å². The summed E-state index contributed by atoms with van der Waals surface area (Å²) >= 11 is 1.86. The molecule has 2 heterocycles. The Morgan fingerprint density at radius 1 is 0.757 bits per heavy atom. The molecule has 4 aromatic carbocycles. The average Bonchev–Trinajstić information content (AvgIpc) is 3.36. The van der Waals surface area contributed by atoms with Gasteiger partial charge in [0.15, 0.2) is 10.7 Å². The number of likely N-dealkylation sites (tertiary alicyclic amines) is 1. The molecule has 186 valence electrons. The maximum Gasteiger partial charge on any atom is 0.185 e. The minimum Gasteiger partial charge on any atom is -0.467 e. The zero-order chi connectivity index (χ0) is 25.1. The van der Waals surface area contributed by atoms with Crippen molar-refractivity contribution in [2.75, 3.05) is 13.1 Å². The quantitative estimate of drug-likeness (QED) is 0.239. The zero-order valence-corrected chi connectivity index (χ0v) is 21.5. The average molecular weight is 508 g/mol. The Kier molecular flexibility index (Phi) is 6.86. The number of piperidine rings is 1. The van der Waals surface area contributed by atoms with Crippen LogP contribution in [0.4, 0.5) is 4.39 Å². The first-order valence-electron chi connectivity index (χ1n) is 12.9. The van der Waals surface area contributed by atoms with Gasteiger partial charge < -0.3 is 4.74 Å². The maximum absolute atomic E-state index is 14.3. The van der Waals surface area contributed by atoms with Crippen molar-refractivity contribution in [2.24, 2.45) is 5.92 Å². The third-order valence-corrected chi connectivity index (χ3v) is 8.78. The van der Waals surface area contributed by atoms with E-state index in [-0.39, 0.29) is 5.82 Å². The van der Waals surface area contributed by atoms with Crippen LogP contribution in [-0.2, 0) is 16.9 Å². The molecule has 0 radical (unpaired) electrons. The number of halogens is 1. The van der Waals surface area contributed by atoms with E-state index in [1.165, 1.54) is 0 Å². The van der Waals surface area contributed by atoms with Gasteiger partial charge in [-0.3, -0.25) is 4.90 Å². The van der Waals surface area contributed by atoms with Crippen molar-refractivity contribution in [2.45, 2.75) is 23.8 Å². The summed E-state index contributed by atoms with van der Waals surface area (Å²) in [6.07, 6.45) is 3.37. The maximum atomic E-state index is 14.3.